The summed E-state index contributed by atoms with van der Waals surface area (Å²) in [5, 5.41) is 19.4. The third-order valence-corrected chi connectivity index (χ3v) is 8.94. The first-order chi connectivity index (χ1) is 21.4. The van der Waals surface area contributed by atoms with E-state index >= 15 is 8.78 Å². The fourth-order valence-electron chi connectivity index (χ4n) is 5.63. The van der Waals surface area contributed by atoms with E-state index in [1.165, 1.54) is 24.3 Å². The summed E-state index contributed by atoms with van der Waals surface area (Å²) in [5.74, 6) is -2.24. The van der Waals surface area contributed by atoms with Crippen LogP contribution in [-0.4, -0.2) is 26.0 Å². The van der Waals surface area contributed by atoms with Gasteiger partial charge in [-0.3, -0.25) is 4.79 Å². The Kier molecular flexibility index (Phi) is 9.30. The topological polar surface area (TPSA) is 115 Å². The minimum atomic E-state index is -1.14. The van der Waals surface area contributed by atoms with Crippen LogP contribution in [0.4, 0.5) is 8.78 Å². The zero-order chi connectivity index (χ0) is 32.4. The summed E-state index contributed by atoms with van der Waals surface area (Å²) in [6.45, 7) is 6.02. The van der Waals surface area contributed by atoms with Crippen LogP contribution in [0.25, 0.3) is 22.3 Å². The first kappa shape index (κ1) is 32.2. The summed E-state index contributed by atoms with van der Waals surface area (Å²) < 4.78 is 37.5. The molecule has 0 aliphatic heterocycles. The Balaban J connectivity index is 1.48. The van der Waals surface area contributed by atoms with Gasteiger partial charge in [0.1, 0.15) is 17.4 Å². The van der Waals surface area contributed by atoms with Crippen LogP contribution < -0.4 is 4.74 Å². The first-order valence-electron chi connectivity index (χ1n) is 14.6. The Morgan fingerprint density at radius 1 is 1.07 bits per heavy atom. The largest absolute Gasteiger partial charge is 0.481 e. The van der Waals surface area contributed by atoms with Crippen LogP contribution >= 0.6 is 22.6 Å². The second-order valence-electron chi connectivity index (χ2n) is 12.1. The van der Waals surface area contributed by atoms with Crippen molar-refractivity contribution in [3.63, 3.8) is 0 Å². The number of rotatable bonds is 12. The van der Waals surface area contributed by atoms with Crippen molar-refractivity contribution in [2.45, 2.75) is 58.3 Å². The minimum Gasteiger partial charge on any atom is -0.481 e. The zero-order valence-corrected chi connectivity index (χ0v) is 27.3. The summed E-state index contributed by atoms with van der Waals surface area (Å²) in [7, 11) is 0. The lowest BCUT2D eigenvalue weighted by Crippen LogP contribution is -2.24. The number of aromatic amines is 2. The molecule has 2 heterocycles. The van der Waals surface area contributed by atoms with Crippen molar-refractivity contribution in [2.75, 3.05) is 0 Å². The lowest BCUT2D eigenvalue weighted by Gasteiger charge is -2.30. The number of imidazole rings is 1. The summed E-state index contributed by atoms with van der Waals surface area (Å²) in [5.41, 5.74) is 1.77. The molecule has 0 amide bonds. The van der Waals surface area contributed by atoms with E-state index in [-0.39, 0.29) is 28.5 Å². The highest BCUT2D eigenvalue weighted by atomic mass is 127. The fraction of sp³-hybridized carbons (Fsp3) is 0.286. The lowest BCUT2D eigenvalue weighted by atomic mass is 9.75. The molecule has 0 bridgehead atoms. The smallest absolute Gasteiger partial charge is 0.307 e. The molecule has 5 aromatic rings. The van der Waals surface area contributed by atoms with Gasteiger partial charge in [-0.2, -0.15) is 5.26 Å². The summed E-state index contributed by atoms with van der Waals surface area (Å²) in [6.07, 6.45) is 6.16. The number of nitrogens with zero attached hydrogens (tertiary/aromatic N) is 2. The Morgan fingerprint density at radius 2 is 1.84 bits per heavy atom. The van der Waals surface area contributed by atoms with E-state index in [9.17, 15) is 15.2 Å². The average molecular weight is 723 g/mol. The highest BCUT2D eigenvalue weighted by Crippen LogP contribution is 2.40. The third-order valence-electron chi connectivity index (χ3n) is 8.27. The molecule has 0 fully saturated rings. The molecule has 0 saturated heterocycles. The van der Waals surface area contributed by atoms with Crippen LogP contribution in [0, 0.1) is 32.0 Å². The van der Waals surface area contributed by atoms with E-state index in [1.807, 2.05) is 26.0 Å². The van der Waals surface area contributed by atoms with Crippen LogP contribution in [-0.2, 0) is 16.6 Å². The van der Waals surface area contributed by atoms with Gasteiger partial charge in [0.15, 0.2) is 11.6 Å². The Bertz CT molecular complexity index is 1910. The summed E-state index contributed by atoms with van der Waals surface area (Å²) in [6, 6.07) is 17.5. The van der Waals surface area contributed by atoms with Gasteiger partial charge < -0.3 is 19.8 Å². The Labute approximate surface area is 273 Å². The summed E-state index contributed by atoms with van der Waals surface area (Å²) >= 11 is 2.29. The SMILES string of the molecule is CC(C)(C#N)CCCCC(C)(c1cccc(I)c1)c1cnc(-c2cc(Oc3c(F)cc4[nH]ccc4c3CC(=O)O)ccc2F)[nH]1. The summed E-state index contributed by atoms with van der Waals surface area (Å²) in [4.78, 5) is 22.4. The number of fused-ring (bicyclic) bond motifs is 1. The van der Waals surface area contributed by atoms with Crippen molar-refractivity contribution in [2.24, 2.45) is 5.41 Å². The van der Waals surface area contributed by atoms with Crippen LogP contribution in [0.1, 0.15) is 63.3 Å². The number of aliphatic carboxylic acids is 1. The molecule has 7 nitrogen and oxygen atoms in total. The molecular formula is C35H33F2IN4O3. The maximum absolute atomic E-state index is 15.3. The van der Waals surface area contributed by atoms with Crippen molar-refractivity contribution in [3.8, 4) is 29.0 Å². The second-order valence-corrected chi connectivity index (χ2v) is 13.4. The van der Waals surface area contributed by atoms with Gasteiger partial charge in [0.25, 0.3) is 0 Å². The highest BCUT2D eigenvalue weighted by molar-refractivity contribution is 14.1. The maximum atomic E-state index is 15.3. The molecule has 0 spiro atoms. The molecule has 1 atom stereocenters. The first-order valence-corrected chi connectivity index (χ1v) is 15.7. The van der Waals surface area contributed by atoms with Gasteiger partial charge in [-0.05, 0) is 98.2 Å². The number of carbonyl (C=O) groups is 1. The predicted molar refractivity (Wildman–Crippen MR) is 177 cm³/mol. The number of halogens is 3. The zero-order valence-electron chi connectivity index (χ0n) is 25.2. The minimum absolute atomic E-state index is 0.127. The number of unbranched alkanes of at least 4 members (excludes halogenated alkanes) is 1. The molecule has 45 heavy (non-hydrogen) atoms. The number of carboxylic acid groups (broad SMARTS) is 1. The van der Waals surface area contributed by atoms with Gasteiger partial charge in [0.05, 0.1) is 23.5 Å². The van der Waals surface area contributed by atoms with Gasteiger partial charge in [-0.1, -0.05) is 25.0 Å². The molecule has 0 aliphatic rings. The normalized spacial score (nSPS) is 13.0. The number of aromatic nitrogens is 3. The third kappa shape index (κ3) is 7.04. The molecule has 0 radical (unpaired) electrons. The molecule has 2 aromatic heterocycles. The molecule has 232 valence electrons. The van der Waals surface area contributed by atoms with Crippen molar-refractivity contribution < 1.29 is 23.4 Å². The van der Waals surface area contributed by atoms with E-state index in [2.05, 4.69) is 62.7 Å². The number of H-pyrrole nitrogens is 2. The molecule has 10 heteroatoms. The molecule has 0 aliphatic carbocycles. The molecule has 0 saturated carbocycles. The van der Waals surface area contributed by atoms with Gasteiger partial charge in [-0.25, -0.2) is 13.8 Å². The van der Waals surface area contributed by atoms with Crippen molar-refractivity contribution in [1.82, 2.24) is 15.0 Å². The molecular weight excluding hydrogens is 689 g/mol. The van der Waals surface area contributed by atoms with E-state index in [0.29, 0.717) is 10.9 Å². The average Bonchev–Trinajstić information content (AvgIpc) is 3.68. The van der Waals surface area contributed by atoms with Crippen LogP contribution in [0.15, 0.2) is 67.0 Å². The number of nitrogens with one attached hydrogen (secondary N) is 2. The van der Waals surface area contributed by atoms with Crippen LogP contribution in [0.3, 0.4) is 0 Å². The number of hydrogen-bond acceptors (Lipinski definition) is 4. The maximum Gasteiger partial charge on any atom is 0.307 e. The number of ether oxygens (including phenoxy) is 1. The standard InChI is InChI=1S/C35H33F2IN4O3/c1-34(2,20-39)12-4-5-13-35(3,21-7-6-8-22(38)15-21)30-19-41-33(42-30)26-16-23(9-10-27(26)36)45-32-25(17-31(43)44)24-11-14-40-29(24)18-28(32)37/h6-11,14-16,18-19,40H,4-5,12-13,17H2,1-3H3,(H,41,42)(H,43,44). The number of hydrogen-bond donors (Lipinski definition) is 3. The van der Waals surface area contributed by atoms with Gasteiger partial charge in [0.2, 0.25) is 0 Å². The van der Waals surface area contributed by atoms with E-state index in [1.54, 1.807) is 18.5 Å². The van der Waals surface area contributed by atoms with E-state index in [0.717, 1.165) is 40.5 Å². The molecule has 3 aromatic carbocycles. The predicted octanol–water partition coefficient (Wildman–Crippen LogP) is 9.28. The monoisotopic (exact) mass is 722 g/mol. The van der Waals surface area contributed by atoms with Gasteiger partial charge >= 0.3 is 5.97 Å². The van der Waals surface area contributed by atoms with Gasteiger partial charge in [0, 0.05) is 49.6 Å². The Morgan fingerprint density at radius 3 is 2.58 bits per heavy atom. The lowest BCUT2D eigenvalue weighted by molar-refractivity contribution is -0.136. The quantitative estimate of drug-likeness (QED) is 0.0878. The Hall–Kier alpha value is -4.24. The number of carboxylic acids is 1. The van der Waals surface area contributed by atoms with Gasteiger partial charge in [-0.15, -0.1) is 0 Å². The van der Waals surface area contributed by atoms with E-state index < -0.39 is 34.9 Å². The van der Waals surface area contributed by atoms with Crippen molar-refractivity contribution in [1.29, 1.82) is 5.26 Å². The molecule has 5 rings (SSSR count). The van der Waals surface area contributed by atoms with Crippen molar-refractivity contribution >= 4 is 39.5 Å². The molecule has 1 unspecified atom stereocenters. The van der Waals surface area contributed by atoms with E-state index in [4.69, 9.17) is 4.74 Å². The molecule has 3 N–H and O–H groups in total. The number of benzene rings is 3. The van der Waals surface area contributed by atoms with Crippen molar-refractivity contribution in [3.05, 3.63) is 99.0 Å². The fourth-order valence-corrected chi connectivity index (χ4v) is 6.18. The number of nitriles is 1. The second kappa shape index (κ2) is 13.0. The highest BCUT2D eigenvalue weighted by Gasteiger charge is 2.32. The van der Waals surface area contributed by atoms with Crippen LogP contribution in [0.2, 0.25) is 0 Å². The van der Waals surface area contributed by atoms with Crippen LogP contribution in [0.5, 0.6) is 11.5 Å².